The minimum atomic E-state index is -0.669. The number of benzene rings is 1. The van der Waals surface area contributed by atoms with Crippen LogP contribution in [0.4, 0.5) is 4.39 Å². The third-order valence-corrected chi connectivity index (χ3v) is 2.18. The van der Waals surface area contributed by atoms with Gasteiger partial charge in [-0.25, -0.2) is 4.39 Å². The smallest absolute Gasteiger partial charge is 0.160 e. The zero-order chi connectivity index (χ0) is 10.0. The first-order valence-electron chi connectivity index (χ1n) is 3.57. The maximum absolute atomic E-state index is 12.9. The van der Waals surface area contributed by atoms with Gasteiger partial charge in [-0.2, -0.15) is 0 Å². The Morgan fingerprint density at radius 1 is 1.38 bits per heavy atom. The summed E-state index contributed by atoms with van der Waals surface area (Å²) < 4.78 is 12.9. The predicted molar refractivity (Wildman–Crippen MR) is 50.4 cm³/mol. The first-order chi connectivity index (χ1) is 6.06. The summed E-state index contributed by atoms with van der Waals surface area (Å²) >= 11 is 11.0. The number of halogens is 3. The Morgan fingerprint density at radius 2 is 1.85 bits per heavy atom. The average Bonchev–Trinajstić information content (AvgIpc) is 2.12. The van der Waals surface area contributed by atoms with Crippen molar-refractivity contribution in [3.05, 3.63) is 33.6 Å². The highest BCUT2D eigenvalue weighted by molar-refractivity contribution is 6.35. The second-order valence-electron chi connectivity index (χ2n) is 2.59. The fourth-order valence-corrected chi connectivity index (χ4v) is 1.40. The van der Waals surface area contributed by atoms with Gasteiger partial charge in [-0.1, -0.05) is 23.2 Å². The Kier molecular flexibility index (Phi) is 3.50. The largest absolute Gasteiger partial charge is 0.394 e. The van der Waals surface area contributed by atoms with Gasteiger partial charge in [0.05, 0.1) is 22.7 Å². The van der Waals surface area contributed by atoms with Crippen molar-refractivity contribution in [1.82, 2.24) is 0 Å². The fraction of sp³-hybridized carbons (Fsp3) is 0.250. The fourth-order valence-electron chi connectivity index (χ4n) is 0.895. The molecule has 0 spiro atoms. The summed E-state index contributed by atoms with van der Waals surface area (Å²) in [4.78, 5) is 0. The maximum atomic E-state index is 12.9. The number of rotatable bonds is 2. The Labute approximate surface area is 85.1 Å². The summed E-state index contributed by atoms with van der Waals surface area (Å²) in [6.45, 7) is -0.238. The first-order valence-corrected chi connectivity index (χ1v) is 4.32. The van der Waals surface area contributed by atoms with Gasteiger partial charge in [-0.3, -0.25) is 0 Å². The average molecular weight is 224 g/mol. The van der Waals surface area contributed by atoms with Gasteiger partial charge in [-0.05, 0) is 17.7 Å². The molecule has 2 nitrogen and oxygen atoms in total. The van der Waals surface area contributed by atoms with E-state index >= 15 is 0 Å². The number of hydrogen-bond acceptors (Lipinski definition) is 2. The monoisotopic (exact) mass is 223 g/mol. The van der Waals surface area contributed by atoms with E-state index in [1.165, 1.54) is 12.1 Å². The molecule has 0 saturated carbocycles. The van der Waals surface area contributed by atoms with Crippen LogP contribution in [-0.2, 0) is 0 Å². The molecule has 1 atom stereocenters. The highest BCUT2D eigenvalue weighted by Gasteiger charge is 2.11. The second kappa shape index (κ2) is 4.24. The van der Waals surface area contributed by atoms with Crippen molar-refractivity contribution in [2.24, 2.45) is 5.73 Å². The molecule has 0 aliphatic rings. The van der Waals surface area contributed by atoms with E-state index in [4.69, 9.17) is 34.0 Å². The van der Waals surface area contributed by atoms with Crippen LogP contribution in [0.1, 0.15) is 11.6 Å². The first kappa shape index (κ1) is 10.7. The number of hydrogen-bond donors (Lipinski definition) is 2. The lowest BCUT2D eigenvalue weighted by Gasteiger charge is -2.09. The van der Waals surface area contributed by atoms with Crippen LogP contribution in [0.5, 0.6) is 0 Å². The Hall–Kier alpha value is -0.350. The lowest BCUT2D eigenvalue weighted by atomic mass is 10.1. The summed E-state index contributed by atoms with van der Waals surface area (Å²) in [5.41, 5.74) is 6.01. The van der Waals surface area contributed by atoms with E-state index in [2.05, 4.69) is 0 Å². The molecule has 3 N–H and O–H groups in total. The minimum absolute atomic E-state index is 0.0913. The van der Waals surface area contributed by atoms with Gasteiger partial charge in [0.25, 0.3) is 0 Å². The molecule has 1 rings (SSSR count). The molecule has 0 amide bonds. The number of aliphatic hydroxyl groups excluding tert-OH is 1. The van der Waals surface area contributed by atoms with E-state index in [1.807, 2.05) is 0 Å². The molecule has 1 unspecified atom stereocenters. The van der Waals surface area contributed by atoms with Crippen LogP contribution >= 0.6 is 23.2 Å². The topological polar surface area (TPSA) is 46.2 Å². The molecule has 0 heterocycles. The normalized spacial score (nSPS) is 13.0. The Bertz CT molecular complexity index is 296. The molecule has 13 heavy (non-hydrogen) atoms. The van der Waals surface area contributed by atoms with Crippen LogP contribution in [0.15, 0.2) is 12.1 Å². The van der Waals surface area contributed by atoms with Crippen molar-refractivity contribution in [2.75, 3.05) is 6.61 Å². The van der Waals surface area contributed by atoms with Gasteiger partial charge in [0.2, 0.25) is 0 Å². The van der Waals surface area contributed by atoms with E-state index in [1.54, 1.807) is 0 Å². The van der Waals surface area contributed by atoms with Gasteiger partial charge in [0.15, 0.2) is 5.82 Å². The summed E-state index contributed by atoms with van der Waals surface area (Å²) in [5.74, 6) is -0.669. The molecule has 1 aromatic rings. The van der Waals surface area contributed by atoms with Crippen molar-refractivity contribution >= 4 is 23.2 Å². The maximum Gasteiger partial charge on any atom is 0.160 e. The van der Waals surface area contributed by atoms with E-state index in [9.17, 15) is 4.39 Å². The molecule has 0 aliphatic heterocycles. The number of nitrogens with two attached hydrogens (primary N) is 1. The third-order valence-electron chi connectivity index (χ3n) is 1.63. The molecule has 72 valence electrons. The number of aliphatic hydroxyl groups is 1. The van der Waals surface area contributed by atoms with Crippen LogP contribution in [-0.4, -0.2) is 11.7 Å². The highest BCUT2D eigenvalue weighted by atomic mass is 35.5. The SMILES string of the molecule is NC(CO)c1cc(Cl)c(F)c(Cl)c1. The van der Waals surface area contributed by atoms with E-state index < -0.39 is 11.9 Å². The van der Waals surface area contributed by atoms with Gasteiger partial charge < -0.3 is 10.8 Å². The molecule has 0 aromatic heterocycles. The second-order valence-corrected chi connectivity index (χ2v) is 3.40. The lowest BCUT2D eigenvalue weighted by molar-refractivity contribution is 0.268. The molecule has 0 bridgehead atoms. The molecular weight excluding hydrogens is 216 g/mol. The summed E-state index contributed by atoms with van der Waals surface area (Å²) in [7, 11) is 0. The lowest BCUT2D eigenvalue weighted by Crippen LogP contribution is -2.14. The van der Waals surface area contributed by atoms with Crippen molar-refractivity contribution < 1.29 is 9.50 Å². The molecule has 0 aliphatic carbocycles. The Morgan fingerprint density at radius 3 is 2.23 bits per heavy atom. The van der Waals surface area contributed by atoms with Crippen LogP contribution in [0.2, 0.25) is 10.0 Å². The molecule has 0 fully saturated rings. The molecule has 1 aromatic carbocycles. The van der Waals surface area contributed by atoms with Crippen molar-refractivity contribution in [3.8, 4) is 0 Å². The molecule has 0 saturated heterocycles. The third kappa shape index (κ3) is 2.31. The predicted octanol–water partition coefficient (Wildman–Crippen LogP) is 2.12. The summed E-state index contributed by atoms with van der Waals surface area (Å²) in [6, 6.07) is 2.11. The van der Waals surface area contributed by atoms with Crippen molar-refractivity contribution in [1.29, 1.82) is 0 Å². The standard InChI is InChI=1S/C8H8Cl2FNO/c9-5-1-4(7(12)3-13)2-6(10)8(5)11/h1-2,7,13H,3,12H2. The zero-order valence-corrected chi connectivity index (χ0v) is 8.11. The minimum Gasteiger partial charge on any atom is -0.394 e. The van der Waals surface area contributed by atoms with E-state index in [-0.39, 0.29) is 16.7 Å². The van der Waals surface area contributed by atoms with Gasteiger partial charge in [0.1, 0.15) is 0 Å². The van der Waals surface area contributed by atoms with Crippen molar-refractivity contribution in [3.63, 3.8) is 0 Å². The van der Waals surface area contributed by atoms with Crippen LogP contribution < -0.4 is 5.73 Å². The van der Waals surface area contributed by atoms with Gasteiger partial charge in [-0.15, -0.1) is 0 Å². The summed E-state index contributed by atoms with van der Waals surface area (Å²) in [6.07, 6.45) is 0. The van der Waals surface area contributed by atoms with E-state index in [0.29, 0.717) is 5.56 Å². The molecular formula is C8H8Cl2FNO. The summed E-state index contributed by atoms with van der Waals surface area (Å²) in [5, 5.41) is 8.55. The quantitative estimate of drug-likeness (QED) is 0.755. The van der Waals surface area contributed by atoms with Crippen molar-refractivity contribution in [2.45, 2.75) is 6.04 Å². The van der Waals surface area contributed by atoms with E-state index in [0.717, 1.165) is 0 Å². The highest BCUT2D eigenvalue weighted by Crippen LogP contribution is 2.26. The molecule has 5 heteroatoms. The zero-order valence-electron chi connectivity index (χ0n) is 6.60. The van der Waals surface area contributed by atoms with Crippen LogP contribution in [0, 0.1) is 5.82 Å². The van der Waals surface area contributed by atoms with Crippen LogP contribution in [0.3, 0.4) is 0 Å². The molecule has 0 radical (unpaired) electrons. The van der Waals surface area contributed by atoms with Gasteiger partial charge in [0, 0.05) is 0 Å². The van der Waals surface area contributed by atoms with Crippen LogP contribution in [0.25, 0.3) is 0 Å². The Balaban J connectivity index is 3.13. The van der Waals surface area contributed by atoms with Gasteiger partial charge >= 0.3 is 0 Å².